The van der Waals surface area contributed by atoms with Crippen molar-refractivity contribution in [1.82, 2.24) is 0 Å². The number of carboxylic acids is 1. The second-order valence-electron chi connectivity index (χ2n) is 15.2. The highest BCUT2D eigenvalue weighted by Crippen LogP contribution is 2.93. The number of carboxylic acid groups (broad SMARTS) is 1. The van der Waals surface area contributed by atoms with Crippen LogP contribution in [0, 0.1) is 50.7 Å². The Labute approximate surface area is 211 Å². The van der Waals surface area contributed by atoms with Gasteiger partial charge in [0.05, 0.1) is 17.4 Å². The first-order chi connectivity index (χ1) is 16.3. The SMILES string of the molecule is CC(C)(CC(=O)OC1CCC2(C)C(CCC34C2CCC32C3CCCC3(C)CCC24)C1(C)N)C(=O)O. The highest BCUT2D eigenvalue weighted by atomic mass is 16.5. The standard InChI is InChI=1S/C30H47NO4/c1-25(2,24(33)34)17-23(32)35-22-11-14-27(4)19(28(22,5)31)9-15-30-20(27)10-16-29(30)18-7-6-12-26(18,3)13-8-21(29)30/h18-22H,6-17,31H2,1-5H3,(H,33,34). The van der Waals surface area contributed by atoms with Gasteiger partial charge in [0.25, 0.3) is 0 Å². The molecule has 0 aromatic rings. The van der Waals surface area contributed by atoms with E-state index in [1.54, 1.807) is 13.8 Å². The van der Waals surface area contributed by atoms with Gasteiger partial charge in [-0.25, -0.2) is 0 Å². The molecule has 0 bridgehead atoms. The van der Waals surface area contributed by atoms with Gasteiger partial charge < -0.3 is 15.6 Å². The summed E-state index contributed by atoms with van der Waals surface area (Å²) in [5.41, 5.74) is 7.40. The molecule has 3 N–H and O–H groups in total. The van der Waals surface area contributed by atoms with E-state index in [0.717, 1.165) is 37.0 Å². The number of carbonyl (C=O) groups is 2. The van der Waals surface area contributed by atoms with Crippen LogP contribution in [0.4, 0.5) is 0 Å². The molecule has 2 spiro atoms. The van der Waals surface area contributed by atoms with E-state index in [2.05, 4.69) is 20.8 Å². The van der Waals surface area contributed by atoms with Crippen molar-refractivity contribution < 1.29 is 19.4 Å². The molecule has 0 aromatic carbocycles. The first-order valence-corrected chi connectivity index (χ1v) is 14.5. The van der Waals surface area contributed by atoms with E-state index in [4.69, 9.17) is 10.5 Å². The van der Waals surface area contributed by atoms with E-state index in [1.165, 1.54) is 51.4 Å². The number of hydrogen-bond acceptors (Lipinski definition) is 4. The van der Waals surface area contributed by atoms with Crippen molar-refractivity contribution in [3.63, 3.8) is 0 Å². The van der Waals surface area contributed by atoms with E-state index in [0.29, 0.717) is 22.2 Å². The average Bonchev–Trinajstić information content (AvgIpc) is 3.03. The molecular weight excluding hydrogens is 438 g/mol. The summed E-state index contributed by atoms with van der Waals surface area (Å²) >= 11 is 0. The van der Waals surface area contributed by atoms with Crippen molar-refractivity contribution in [2.45, 2.75) is 123 Å². The monoisotopic (exact) mass is 485 g/mol. The summed E-state index contributed by atoms with van der Waals surface area (Å²) in [6.07, 6.45) is 13.9. The molecule has 5 nitrogen and oxygen atoms in total. The second-order valence-corrected chi connectivity index (χ2v) is 15.2. The Morgan fingerprint density at radius 1 is 0.857 bits per heavy atom. The highest BCUT2D eigenvalue weighted by Gasteiger charge is 2.88. The third-order valence-corrected chi connectivity index (χ3v) is 13.5. The van der Waals surface area contributed by atoms with Gasteiger partial charge in [-0.1, -0.05) is 20.3 Å². The van der Waals surface area contributed by atoms with Crippen LogP contribution in [0.2, 0.25) is 0 Å². The minimum Gasteiger partial charge on any atom is -0.481 e. The van der Waals surface area contributed by atoms with Crippen LogP contribution in [0.1, 0.15) is 112 Å². The Hall–Kier alpha value is -1.10. The summed E-state index contributed by atoms with van der Waals surface area (Å²) in [6, 6.07) is 0. The molecule has 35 heavy (non-hydrogen) atoms. The number of rotatable bonds is 4. The third-order valence-electron chi connectivity index (χ3n) is 13.5. The molecule has 10 unspecified atom stereocenters. The van der Waals surface area contributed by atoms with E-state index in [-0.39, 0.29) is 17.9 Å². The Morgan fingerprint density at radius 2 is 1.49 bits per heavy atom. The summed E-state index contributed by atoms with van der Waals surface area (Å²) in [5.74, 6) is 1.59. The van der Waals surface area contributed by atoms with Crippen LogP contribution in [0.5, 0.6) is 0 Å². The molecule has 0 aliphatic heterocycles. The normalized spacial score (nSPS) is 54.1. The molecular formula is C30H47NO4. The number of ether oxygens (including phenoxy) is 1. The van der Waals surface area contributed by atoms with Crippen molar-refractivity contribution in [3.8, 4) is 0 Å². The molecule has 6 saturated carbocycles. The maximum Gasteiger partial charge on any atom is 0.309 e. The van der Waals surface area contributed by atoms with Gasteiger partial charge >= 0.3 is 11.9 Å². The van der Waals surface area contributed by atoms with Crippen molar-refractivity contribution in [2.24, 2.45) is 56.5 Å². The molecule has 6 aliphatic rings. The number of fused-ring (bicyclic) bond motifs is 3. The van der Waals surface area contributed by atoms with E-state index < -0.39 is 22.9 Å². The smallest absolute Gasteiger partial charge is 0.309 e. The Kier molecular flexibility index (Phi) is 4.89. The van der Waals surface area contributed by atoms with Gasteiger partial charge in [-0.2, -0.15) is 0 Å². The third kappa shape index (κ3) is 2.80. The van der Waals surface area contributed by atoms with Crippen LogP contribution in [-0.2, 0) is 14.3 Å². The molecule has 10 atom stereocenters. The molecule has 6 aliphatic carbocycles. The van der Waals surface area contributed by atoms with Crippen LogP contribution in [0.15, 0.2) is 0 Å². The fourth-order valence-corrected chi connectivity index (χ4v) is 12.1. The molecule has 5 heteroatoms. The van der Waals surface area contributed by atoms with Crippen LogP contribution in [-0.4, -0.2) is 28.7 Å². The lowest BCUT2D eigenvalue weighted by Gasteiger charge is -2.61. The molecule has 196 valence electrons. The van der Waals surface area contributed by atoms with Crippen molar-refractivity contribution in [2.75, 3.05) is 0 Å². The zero-order chi connectivity index (χ0) is 25.2. The topological polar surface area (TPSA) is 89.6 Å². The Bertz CT molecular complexity index is 958. The first-order valence-electron chi connectivity index (χ1n) is 14.5. The molecule has 6 rings (SSSR count). The van der Waals surface area contributed by atoms with Gasteiger partial charge in [0.15, 0.2) is 0 Å². The van der Waals surface area contributed by atoms with Gasteiger partial charge in [-0.15, -0.1) is 0 Å². The van der Waals surface area contributed by atoms with Gasteiger partial charge in [0.1, 0.15) is 6.10 Å². The van der Waals surface area contributed by atoms with E-state index >= 15 is 0 Å². The zero-order valence-corrected chi connectivity index (χ0v) is 22.6. The van der Waals surface area contributed by atoms with Crippen molar-refractivity contribution in [3.05, 3.63) is 0 Å². The van der Waals surface area contributed by atoms with Gasteiger partial charge in [-0.3, -0.25) is 9.59 Å². The van der Waals surface area contributed by atoms with Gasteiger partial charge in [0, 0.05) is 0 Å². The summed E-state index contributed by atoms with van der Waals surface area (Å²) in [4.78, 5) is 24.3. The maximum absolute atomic E-state index is 12.8. The summed E-state index contributed by atoms with van der Waals surface area (Å²) in [7, 11) is 0. The van der Waals surface area contributed by atoms with E-state index in [9.17, 15) is 14.7 Å². The lowest BCUT2D eigenvalue weighted by Crippen LogP contribution is -2.66. The predicted octanol–water partition coefficient (Wildman–Crippen LogP) is 5.94. The van der Waals surface area contributed by atoms with Crippen LogP contribution < -0.4 is 5.73 Å². The number of aliphatic carboxylic acids is 1. The Morgan fingerprint density at radius 3 is 2.17 bits per heavy atom. The summed E-state index contributed by atoms with van der Waals surface area (Å²) in [6.45, 7) is 10.4. The number of esters is 1. The molecule has 0 radical (unpaired) electrons. The number of carbonyl (C=O) groups excluding carboxylic acids is 1. The van der Waals surface area contributed by atoms with Crippen molar-refractivity contribution >= 4 is 11.9 Å². The number of hydrogen-bond donors (Lipinski definition) is 2. The average molecular weight is 486 g/mol. The summed E-state index contributed by atoms with van der Waals surface area (Å²) < 4.78 is 5.97. The van der Waals surface area contributed by atoms with E-state index in [1.807, 2.05) is 0 Å². The molecule has 0 saturated heterocycles. The first kappa shape index (κ1) is 24.2. The van der Waals surface area contributed by atoms with Gasteiger partial charge in [-0.05, 0) is 130 Å². The minimum atomic E-state index is -1.13. The molecule has 6 fully saturated rings. The lowest BCUT2D eigenvalue weighted by molar-refractivity contribution is -0.175. The maximum atomic E-state index is 12.8. The van der Waals surface area contributed by atoms with Crippen molar-refractivity contribution in [1.29, 1.82) is 0 Å². The Balaban J connectivity index is 1.24. The fraction of sp³-hybridized carbons (Fsp3) is 0.933. The fourth-order valence-electron chi connectivity index (χ4n) is 12.1. The second kappa shape index (κ2) is 7.05. The zero-order valence-electron chi connectivity index (χ0n) is 22.6. The molecule has 0 aromatic heterocycles. The molecule has 0 heterocycles. The van der Waals surface area contributed by atoms with Crippen LogP contribution >= 0.6 is 0 Å². The summed E-state index contributed by atoms with van der Waals surface area (Å²) in [5, 5.41) is 9.43. The largest absolute Gasteiger partial charge is 0.481 e. The quantitative estimate of drug-likeness (QED) is 0.481. The molecule has 0 amide bonds. The number of nitrogens with two attached hydrogens (primary N) is 1. The van der Waals surface area contributed by atoms with Crippen LogP contribution in [0.3, 0.4) is 0 Å². The predicted molar refractivity (Wildman–Crippen MR) is 134 cm³/mol. The van der Waals surface area contributed by atoms with Crippen LogP contribution in [0.25, 0.3) is 0 Å². The highest BCUT2D eigenvalue weighted by molar-refractivity contribution is 5.81. The lowest BCUT2D eigenvalue weighted by atomic mass is 9.46. The van der Waals surface area contributed by atoms with Gasteiger partial charge in [0.2, 0.25) is 0 Å². The minimum absolute atomic E-state index is 0.118.